The summed E-state index contributed by atoms with van der Waals surface area (Å²) in [6, 6.07) is 12.9. The first kappa shape index (κ1) is 20.7. The van der Waals surface area contributed by atoms with Crippen molar-refractivity contribution in [1.82, 2.24) is 9.62 Å². The van der Waals surface area contributed by atoms with Crippen LogP contribution in [0.1, 0.15) is 18.9 Å². The fourth-order valence-corrected chi connectivity index (χ4v) is 4.02. The van der Waals surface area contributed by atoms with Crippen LogP contribution in [-0.4, -0.2) is 31.7 Å². The van der Waals surface area contributed by atoms with Crippen molar-refractivity contribution in [3.05, 3.63) is 64.1 Å². The Labute approximate surface area is 164 Å². The zero-order valence-electron chi connectivity index (χ0n) is 14.3. The van der Waals surface area contributed by atoms with Crippen LogP contribution in [0.25, 0.3) is 0 Å². The van der Waals surface area contributed by atoms with Crippen molar-refractivity contribution in [2.24, 2.45) is 0 Å². The lowest BCUT2D eigenvalue weighted by Gasteiger charge is -2.22. The van der Waals surface area contributed by atoms with Crippen LogP contribution in [0.15, 0.2) is 53.4 Å². The second-order valence-corrected chi connectivity index (χ2v) is 8.44. The minimum Gasteiger partial charge on any atom is -0.355 e. The Kier molecular flexibility index (Phi) is 7.46. The van der Waals surface area contributed by atoms with E-state index in [2.05, 4.69) is 5.32 Å². The Bertz CT molecular complexity index is 858. The molecular weight excluding hydrogens is 395 g/mol. The highest BCUT2D eigenvalue weighted by molar-refractivity contribution is 7.89. The van der Waals surface area contributed by atoms with Gasteiger partial charge in [-0.1, -0.05) is 54.4 Å². The smallest absolute Gasteiger partial charge is 0.243 e. The molecule has 0 aliphatic rings. The minimum atomic E-state index is -3.85. The number of hydrogen-bond donors (Lipinski definition) is 1. The summed E-state index contributed by atoms with van der Waals surface area (Å²) in [5.74, 6) is -0.355. The van der Waals surface area contributed by atoms with E-state index in [0.717, 1.165) is 10.7 Å². The number of hydrogen-bond acceptors (Lipinski definition) is 3. The highest BCUT2D eigenvalue weighted by Gasteiger charge is 2.26. The van der Waals surface area contributed by atoms with Crippen LogP contribution < -0.4 is 5.32 Å². The lowest BCUT2D eigenvalue weighted by molar-refractivity contribution is -0.121. The van der Waals surface area contributed by atoms with Crippen LogP contribution in [0, 0.1) is 0 Å². The maximum Gasteiger partial charge on any atom is 0.243 e. The van der Waals surface area contributed by atoms with Gasteiger partial charge in [-0.2, -0.15) is 4.31 Å². The first-order chi connectivity index (χ1) is 12.3. The molecule has 5 nitrogen and oxygen atoms in total. The molecule has 26 heavy (non-hydrogen) atoms. The van der Waals surface area contributed by atoms with Gasteiger partial charge in [-0.25, -0.2) is 8.42 Å². The van der Waals surface area contributed by atoms with E-state index in [1.165, 1.54) is 12.1 Å². The number of nitrogens with one attached hydrogen (secondary N) is 1. The van der Waals surface area contributed by atoms with Crippen molar-refractivity contribution in [3.63, 3.8) is 0 Å². The summed E-state index contributed by atoms with van der Waals surface area (Å²) in [5.41, 5.74) is 0.641. The molecule has 0 saturated heterocycles. The lowest BCUT2D eigenvalue weighted by Crippen LogP contribution is -2.40. The van der Waals surface area contributed by atoms with Crippen LogP contribution in [0.3, 0.4) is 0 Å². The molecule has 2 aromatic carbocycles. The molecule has 0 aliphatic heterocycles. The van der Waals surface area contributed by atoms with E-state index < -0.39 is 10.0 Å². The summed E-state index contributed by atoms with van der Waals surface area (Å²) in [5, 5.41) is 3.41. The molecule has 0 fully saturated rings. The fourth-order valence-electron chi connectivity index (χ4n) is 2.29. The monoisotopic (exact) mass is 414 g/mol. The van der Waals surface area contributed by atoms with Gasteiger partial charge in [0.05, 0.1) is 21.5 Å². The van der Waals surface area contributed by atoms with Crippen LogP contribution >= 0.6 is 23.2 Å². The SMILES string of the molecule is CCCNC(=O)CN(Cc1ccc(Cl)c(Cl)c1)S(=O)(=O)c1ccccc1. The standard InChI is InChI=1S/C18H20Cl2N2O3S/c1-2-10-21-18(23)13-22(12-14-8-9-16(19)17(20)11-14)26(24,25)15-6-4-3-5-7-15/h3-9,11H,2,10,12-13H2,1H3,(H,21,23). The highest BCUT2D eigenvalue weighted by atomic mass is 35.5. The zero-order chi connectivity index (χ0) is 19.2. The Morgan fingerprint density at radius 1 is 1.08 bits per heavy atom. The van der Waals surface area contributed by atoms with Gasteiger partial charge in [-0.3, -0.25) is 4.79 Å². The van der Waals surface area contributed by atoms with Crippen molar-refractivity contribution >= 4 is 39.1 Å². The molecule has 0 aromatic heterocycles. The summed E-state index contributed by atoms with van der Waals surface area (Å²) in [7, 11) is -3.85. The van der Waals surface area contributed by atoms with Crippen LogP contribution in [0.5, 0.6) is 0 Å². The van der Waals surface area contributed by atoms with Crippen LogP contribution in [-0.2, 0) is 21.4 Å². The predicted octanol–water partition coefficient (Wildman–Crippen LogP) is 3.71. The van der Waals surface area contributed by atoms with E-state index in [1.54, 1.807) is 36.4 Å². The maximum atomic E-state index is 13.0. The van der Waals surface area contributed by atoms with Gasteiger partial charge < -0.3 is 5.32 Å². The van der Waals surface area contributed by atoms with E-state index in [1.807, 2.05) is 6.92 Å². The van der Waals surface area contributed by atoms with Crippen LogP contribution in [0.4, 0.5) is 0 Å². The van der Waals surface area contributed by atoms with Crippen molar-refractivity contribution in [2.75, 3.05) is 13.1 Å². The molecule has 0 spiro atoms. The summed E-state index contributed by atoms with van der Waals surface area (Å²) in [6.45, 7) is 2.14. The van der Waals surface area contributed by atoms with Crippen LogP contribution in [0.2, 0.25) is 10.0 Å². The number of sulfonamides is 1. The second-order valence-electron chi connectivity index (χ2n) is 5.68. The van der Waals surface area contributed by atoms with E-state index in [-0.39, 0.29) is 23.9 Å². The molecule has 0 aliphatic carbocycles. The number of rotatable bonds is 8. The molecule has 0 radical (unpaired) electrons. The van der Waals surface area contributed by atoms with Gasteiger partial charge in [-0.05, 0) is 36.2 Å². The Morgan fingerprint density at radius 3 is 2.38 bits per heavy atom. The lowest BCUT2D eigenvalue weighted by atomic mass is 10.2. The highest BCUT2D eigenvalue weighted by Crippen LogP contribution is 2.25. The molecular formula is C18H20Cl2N2O3S. The number of nitrogens with zero attached hydrogens (tertiary/aromatic N) is 1. The third kappa shape index (κ3) is 5.45. The van der Waals surface area contributed by atoms with Gasteiger partial charge in [0.25, 0.3) is 0 Å². The molecule has 2 rings (SSSR count). The largest absolute Gasteiger partial charge is 0.355 e. The maximum absolute atomic E-state index is 13.0. The number of carbonyl (C=O) groups excluding carboxylic acids is 1. The van der Waals surface area contributed by atoms with Crippen molar-refractivity contribution < 1.29 is 13.2 Å². The van der Waals surface area contributed by atoms with Gasteiger partial charge in [0.15, 0.2) is 0 Å². The van der Waals surface area contributed by atoms with E-state index in [0.29, 0.717) is 22.2 Å². The van der Waals surface area contributed by atoms with Gasteiger partial charge in [0, 0.05) is 13.1 Å². The molecule has 8 heteroatoms. The number of carbonyl (C=O) groups is 1. The minimum absolute atomic E-state index is 0.00760. The molecule has 1 N–H and O–H groups in total. The van der Waals surface area contributed by atoms with Gasteiger partial charge in [0.1, 0.15) is 0 Å². The Balaban J connectivity index is 2.32. The first-order valence-electron chi connectivity index (χ1n) is 8.10. The van der Waals surface area contributed by atoms with Crippen molar-refractivity contribution in [1.29, 1.82) is 0 Å². The van der Waals surface area contributed by atoms with Gasteiger partial charge in [-0.15, -0.1) is 0 Å². The first-order valence-corrected chi connectivity index (χ1v) is 10.3. The summed E-state index contributed by atoms with van der Waals surface area (Å²) < 4.78 is 27.1. The topological polar surface area (TPSA) is 66.5 Å². The molecule has 0 saturated carbocycles. The third-order valence-corrected chi connectivity index (χ3v) is 6.16. The quantitative estimate of drug-likeness (QED) is 0.715. The molecule has 140 valence electrons. The van der Waals surface area contributed by atoms with Gasteiger partial charge in [0.2, 0.25) is 15.9 Å². The Morgan fingerprint density at radius 2 is 1.77 bits per heavy atom. The third-order valence-electron chi connectivity index (χ3n) is 3.62. The molecule has 2 aromatic rings. The number of halogens is 2. The van der Waals surface area contributed by atoms with E-state index >= 15 is 0 Å². The zero-order valence-corrected chi connectivity index (χ0v) is 16.6. The molecule has 0 unspecified atom stereocenters. The normalized spacial score (nSPS) is 11.5. The van der Waals surface area contributed by atoms with Crippen molar-refractivity contribution in [2.45, 2.75) is 24.8 Å². The summed E-state index contributed by atoms with van der Waals surface area (Å²) in [6.07, 6.45) is 0.768. The second kappa shape index (κ2) is 9.37. The summed E-state index contributed by atoms with van der Waals surface area (Å²) >= 11 is 11.9. The van der Waals surface area contributed by atoms with E-state index in [9.17, 15) is 13.2 Å². The van der Waals surface area contributed by atoms with E-state index in [4.69, 9.17) is 23.2 Å². The predicted molar refractivity (Wildman–Crippen MR) is 104 cm³/mol. The molecule has 1 amide bonds. The van der Waals surface area contributed by atoms with Gasteiger partial charge >= 0.3 is 0 Å². The molecule has 0 bridgehead atoms. The average Bonchev–Trinajstić information content (AvgIpc) is 2.63. The number of amides is 1. The fraction of sp³-hybridized carbons (Fsp3) is 0.278. The summed E-state index contributed by atoms with van der Waals surface area (Å²) in [4.78, 5) is 12.3. The molecule has 0 atom stereocenters. The Hall–Kier alpha value is -1.60. The average molecular weight is 415 g/mol. The molecule has 0 heterocycles. The number of benzene rings is 2. The van der Waals surface area contributed by atoms with Crippen molar-refractivity contribution in [3.8, 4) is 0 Å².